The molecule has 0 saturated carbocycles. The van der Waals surface area contributed by atoms with E-state index in [4.69, 9.17) is 0 Å². The van der Waals surface area contributed by atoms with Gasteiger partial charge in [-0.2, -0.15) is 5.10 Å². The number of benzene rings is 1. The highest BCUT2D eigenvalue weighted by atomic mass is 79.9. The number of hydrogen-bond acceptors (Lipinski definition) is 3. The molecule has 1 aromatic heterocycles. The Labute approximate surface area is 102 Å². The average molecular weight is 334 g/mol. The Morgan fingerprint density at radius 3 is 2.87 bits per heavy atom. The van der Waals surface area contributed by atoms with Crippen molar-refractivity contribution < 1.29 is 9.53 Å². The fourth-order valence-corrected chi connectivity index (χ4v) is 2.18. The van der Waals surface area contributed by atoms with E-state index in [1.807, 2.05) is 6.07 Å². The third-order valence-electron chi connectivity index (χ3n) is 2.00. The first kappa shape index (κ1) is 10.6. The zero-order chi connectivity index (χ0) is 11.0. The zero-order valence-corrected chi connectivity index (χ0v) is 10.8. The van der Waals surface area contributed by atoms with Gasteiger partial charge in [0, 0.05) is 9.86 Å². The molecule has 0 saturated heterocycles. The van der Waals surface area contributed by atoms with Crippen molar-refractivity contribution in [2.24, 2.45) is 0 Å². The minimum Gasteiger partial charge on any atom is -0.465 e. The van der Waals surface area contributed by atoms with Crippen molar-refractivity contribution in [3.8, 4) is 0 Å². The number of esters is 1. The first-order valence-electron chi connectivity index (χ1n) is 4.05. The highest BCUT2D eigenvalue weighted by molar-refractivity contribution is 9.11. The molecule has 0 fully saturated rings. The van der Waals surface area contributed by atoms with Gasteiger partial charge in [-0.3, -0.25) is 5.10 Å². The van der Waals surface area contributed by atoms with E-state index in [2.05, 4.69) is 46.8 Å². The van der Waals surface area contributed by atoms with Gasteiger partial charge < -0.3 is 4.74 Å². The first-order valence-corrected chi connectivity index (χ1v) is 5.63. The van der Waals surface area contributed by atoms with Crippen molar-refractivity contribution in [2.75, 3.05) is 7.11 Å². The molecule has 0 radical (unpaired) electrons. The Morgan fingerprint density at radius 2 is 2.20 bits per heavy atom. The summed E-state index contributed by atoms with van der Waals surface area (Å²) in [6.07, 6.45) is 0. The van der Waals surface area contributed by atoms with Crippen LogP contribution in [0.3, 0.4) is 0 Å². The van der Waals surface area contributed by atoms with Crippen molar-refractivity contribution in [3.63, 3.8) is 0 Å². The van der Waals surface area contributed by atoms with Gasteiger partial charge in [-0.1, -0.05) is 0 Å². The summed E-state index contributed by atoms with van der Waals surface area (Å²) in [5, 5.41) is 7.73. The van der Waals surface area contributed by atoms with Crippen LogP contribution in [0.15, 0.2) is 21.2 Å². The second-order valence-corrected chi connectivity index (χ2v) is 4.53. The van der Waals surface area contributed by atoms with Crippen LogP contribution in [0.25, 0.3) is 10.9 Å². The average Bonchev–Trinajstić information content (AvgIpc) is 2.58. The van der Waals surface area contributed by atoms with Crippen LogP contribution in [-0.4, -0.2) is 23.3 Å². The highest BCUT2D eigenvalue weighted by Gasteiger charge is 2.13. The molecule has 0 spiro atoms. The molecule has 0 amide bonds. The standard InChI is InChI=1S/C9H6Br2N2O2/c1-15-9(14)4-3-7-5(2-6(4)10)8(11)13-12-7/h2-3H,1H3,(H,12,13). The lowest BCUT2D eigenvalue weighted by Crippen LogP contribution is -2.01. The second-order valence-electron chi connectivity index (χ2n) is 2.88. The third kappa shape index (κ3) is 1.79. The first-order chi connectivity index (χ1) is 7.13. The molecule has 0 aliphatic carbocycles. The van der Waals surface area contributed by atoms with Crippen molar-refractivity contribution >= 4 is 48.7 Å². The van der Waals surface area contributed by atoms with Gasteiger partial charge in [0.2, 0.25) is 0 Å². The van der Waals surface area contributed by atoms with E-state index in [9.17, 15) is 4.79 Å². The Hall–Kier alpha value is -0.880. The van der Waals surface area contributed by atoms with Gasteiger partial charge in [0.05, 0.1) is 18.2 Å². The number of nitrogens with one attached hydrogen (secondary N) is 1. The Balaban J connectivity index is 2.68. The van der Waals surface area contributed by atoms with Crippen molar-refractivity contribution in [1.82, 2.24) is 10.2 Å². The maximum atomic E-state index is 11.4. The lowest BCUT2D eigenvalue weighted by atomic mass is 10.2. The van der Waals surface area contributed by atoms with Crippen molar-refractivity contribution in [2.45, 2.75) is 0 Å². The van der Waals surface area contributed by atoms with Crippen LogP contribution >= 0.6 is 31.9 Å². The number of methoxy groups -OCH3 is 1. The summed E-state index contributed by atoms with van der Waals surface area (Å²) in [5.41, 5.74) is 1.18. The van der Waals surface area contributed by atoms with Gasteiger partial charge >= 0.3 is 5.97 Å². The molecule has 0 unspecified atom stereocenters. The molecule has 0 bridgehead atoms. The quantitative estimate of drug-likeness (QED) is 0.816. The predicted octanol–water partition coefficient (Wildman–Crippen LogP) is 2.87. The number of rotatable bonds is 1. The van der Waals surface area contributed by atoms with Gasteiger partial charge in [0.25, 0.3) is 0 Å². The van der Waals surface area contributed by atoms with E-state index in [1.165, 1.54) is 7.11 Å². The summed E-state index contributed by atoms with van der Waals surface area (Å²) in [5.74, 6) is -0.386. The summed E-state index contributed by atoms with van der Waals surface area (Å²) >= 11 is 6.64. The Kier molecular flexibility index (Phi) is 2.79. The van der Waals surface area contributed by atoms with E-state index in [0.29, 0.717) is 15.6 Å². The van der Waals surface area contributed by atoms with Crippen LogP contribution in [0.2, 0.25) is 0 Å². The van der Waals surface area contributed by atoms with E-state index in [-0.39, 0.29) is 5.97 Å². The van der Waals surface area contributed by atoms with Crippen molar-refractivity contribution in [3.05, 3.63) is 26.8 Å². The molecule has 1 N–H and O–H groups in total. The molecule has 1 aromatic carbocycles. The van der Waals surface area contributed by atoms with Gasteiger partial charge in [-0.25, -0.2) is 4.79 Å². The molecule has 0 atom stereocenters. The number of fused-ring (bicyclic) bond motifs is 1. The van der Waals surface area contributed by atoms with E-state index in [0.717, 1.165) is 9.99 Å². The molecule has 2 rings (SSSR count). The molecule has 0 aliphatic heterocycles. The maximum absolute atomic E-state index is 11.4. The smallest absolute Gasteiger partial charge is 0.339 e. The van der Waals surface area contributed by atoms with Gasteiger partial charge in [-0.15, -0.1) is 0 Å². The minimum absolute atomic E-state index is 0.386. The van der Waals surface area contributed by atoms with E-state index >= 15 is 0 Å². The number of H-pyrrole nitrogens is 1. The summed E-state index contributed by atoms with van der Waals surface area (Å²) < 4.78 is 6.13. The number of hydrogen-bond donors (Lipinski definition) is 1. The van der Waals surface area contributed by atoms with Crippen LogP contribution in [0, 0.1) is 0 Å². The van der Waals surface area contributed by atoms with Gasteiger partial charge in [0.15, 0.2) is 0 Å². The monoisotopic (exact) mass is 332 g/mol. The number of ether oxygens (including phenoxy) is 1. The lowest BCUT2D eigenvalue weighted by Gasteiger charge is -2.01. The molecule has 4 nitrogen and oxygen atoms in total. The second kappa shape index (κ2) is 3.94. The SMILES string of the molecule is COC(=O)c1cc2n[nH]c(Br)c2cc1Br. The van der Waals surface area contributed by atoms with Gasteiger partial charge in [-0.05, 0) is 44.0 Å². The molecular weight excluding hydrogens is 328 g/mol. The minimum atomic E-state index is -0.386. The summed E-state index contributed by atoms with van der Waals surface area (Å²) in [4.78, 5) is 11.4. The fourth-order valence-electron chi connectivity index (χ4n) is 1.27. The van der Waals surface area contributed by atoms with Crippen LogP contribution in [0.5, 0.6) is 0 Å². The van der Waals surface area contributed by atoms with E-state index < -0.39 is 0 Å². The Bertz CT molecular complexity index is 536. The Morgan fingerprint density at radius 1 is 1.47 bits per heavy atom. The van der Waals surface area contributed by atoms with Crippen molar-refractivity contribution in [1.29, 1.82) is 0 Å². The fraction of sp³-hybridized carbons (Fsp3) is 0.111. The summed E-state index contributed by atoms with van der Waals surface area (Å²) in [6, 6.07) is 3.49. The molecule has 2 aromatic rings. The zero-order valence-electron chi connectivity index (χ0n) is 7.67. The van der Waals surface area contributed by atoms with Crippen LogP contribution in [0.1, 0.15) is 10.4 Å². The topological polar surface area (TPSA) is 55.0 Å². The lowest BCUT2D eigenvalue weighted by molar-refractivity contribution is 0.0600. The molecular formula is C9H6Br2N2O2. The van der Waals surface area contributed by atoms with E-state index in [1.54, 1.807) is 6.07 Å². The number of halogens is 2. The predicted molar refractivity (Wildman–Crippen MR) is 62.8 cm³/mol. The van der Waals surface area contributed by atoms with Crippen LogP contribution in [0.4, 0.5) is 0 Å². The number of aromatic amines is 1. The molecule has 0 aliphatic rings. The highest BCUT2D eigenvalue weighted by Crippen LogP contribution is 2.28. The largest absolute Gasteiger partial charge is 0.465 e. The number of aromatic nitrogens is 2. The normalized spacial score (nSPS) is 10.6. The van der Waals surface area contributed by atoms with Gasteiger partial charge in [0.1, 0.15) is 4.60 Å². The van der Waals surface area contributed by atoms with Crippen LogP contribution < -0.4 is 0 Å². The number of carbonyl (C=O) groups excluding carboxylic acids is 1. The molecule has 6 heteroatoms. The molecule has 78 valence electrons. The molecule has 15 heavy (non-hydrogen) atoms. The van der Waals surface area contributed by atoms with Crippen LogP contribution in [-0.2, 0) is 4.74 Å². The summed E-state index contributed by atoms with van der Waals surface area (Å²) in [7, 11) is 1.35. The number of carbonyl (C=O) groups is 1. The maximum Gasteiger partial charge on any atom is 0.339 e. The summed E-state index contributed by atoms with van der Waals surface area (Å²) in [6.45, 7) is 0. The third-order valence-corrected chi connectivity index (χ3v) is 3.26. The number of nitrogens with zero attached hydrogens (tertiary/aromatic N) is 1. The molecule has 1 heterocycles.